The first kappa shape index (κ1) is 23.2. The summed E-state index contributed by atoms with van der Waals surface area (Å²) < 4.78 is 10.7. The van der Waals surface area contributed by atoms with Crippen LogP contribution in [0.3, 0.4) is 0 Å². The summed E-state index contributed by atoms with van der Waals surface area (Å²) in [5.41, 5.74) is 3.45. The number of anilines is 2. The normalized spacial score (nSPS) is 12.8. The van der Waals surface area contributed by atoms with Crippen molar-refractivity contribution in [3.05, 3.63) is 83.9 Å². The molecule has 0 saturated carbocycles. The van der Waals surface area contributed by atoms with Gasteiger partial charge in [-0.1, -0.05) is 18.2 Å². The van der Waals surface area contributed by atoms with E-state index in [0.717, 1.165) is 18.7 Å². The summed E-state index contributed by atoms with van der Waals surface area (Å²) in [6.07, 6.45) is 2.50. The van der Waals surface area contributed by atoms with Crippen molar-refractivity contribution in [1.29, 1.82) is 0 Å². The molecule has 0 atom stereocenters. The number of methoxy groups -OCH3 is 1. The molecule has 3 aromatic rings. The highest BCUT2D eigenvalue weighted by Gasteiger charge is 2.12. The van der Waals surface area contributed by atoms with Gasteiger partial charge in [-0.15, -0.1) is 0 Å². The minimum absolute atomic E-state index is 0.143. The van der Waals surface area contributed by atoms with E-state index >= 15 is 0 Å². The van der Waals surface area contributed by atoms with Crippen molar-refractivity contribution in [1.82, 2.24) is 5.32 Å². The topological polar surface area (TPSA) is 79.9 Å². The van der Waals surface area contributed by atoms with E-state index in [1.165, 1.54) is 18.5 Å². The molecular weight excluding hydrogens is 430 g/mol. The molecule has 4 rings (SSSR count). The van der Waals surface area contributed by atoms with Gasteiger partial charge in [0.25, 0.3) is 11.8 Å². The lowest BCUT2D eigenvalue weighted by atomic mass is 10.1. The molecule has 2 amide bonds. The van der Waals surface area contributed by atoms with Crippen LogP contribution in [0.5, 0.6) is 11.5 Å². The fraction of sp³-hybridized carbons (Fsp3) is 0.259. The smallest absolute Gasteiger partial charge is 0.262 e. The van der Waals surface area contributed by atoms with Crippen molar-refractivity contribution < 1.29 is 19.1 Å². The highest BCUT2D eigenvalue weighted by Crippen LogP contribution is 2.21. The van der Waals surface area contributed by atoms with E-state index in [1.54, 1.807) is 55.6 Å². The summed E-state index contributed by atoms with van der Waals surface area (Å²) in [5, 5.41) is 5.70. The van der Waals surface area contributed by atoms with Gasteiger partial charge in [0.05, 0.1) is 7.11 Å². The number of hydrogen-bond acceptors (Lipinski definition) is 5. The lowest BCUT2D eigenvalue weighted by molar-refractivity contribution is -0.118. The van der Waals surface area contributed by atoms with Crippen LogP contribution in [0.2, 0.25) is 0 Å². The van der Waals surface area contributed by atoms with Crippen molar-refractivity contribution in [2.75, 3.05) is 37.0 Å². The minimum Gasteiger partial charge on any atom is -0.497 e. The number of nitrogens with one attached hydrogen (secondary N) is 2. The zero-order valence-corrected chi connectivity index (χ0v) is 19.3. The highest BCUT2D eigenvalue weighted by atomic mass is 16.5. The lowest BCUT2D eigenvalue weighted by Crippen LogP contribution is -2.23. The molecule has 1 aliphatic heterocycles. The summed E-state index contributed by atoms with van der Waals surface area (Å²) in [5.74, 6) is 0.721. The van der Waals surface area contributed by atoms with Crippen LogP contribution in [0.1, 0.15) is 28.8 Å². The quantitative estimate of drug-likeness (QED) is 0.500. The van der Waals surface area contributed by atoms with E-state index in [0.29, 0.717) is 29.3 Å². The SMILES string of the molecule is COc1cccc(NC(=O)COc2ccc(C(=O)NCc3ccc(N4CCCC4)cc3)cc2)c1. The number of amides is 2. The van der Waals surface area contributed by atoms with E-state index in [-0.39, 0.29) is 18.4 Å². The largest absolute Gasteiger partial charge is 0.497 e. The third-order valence-electron chi connectivity index (χ3n) is 5.70. The number of carbonyl (C=O) groups is 2. The number of nitrogens with zero attached hydrogens (tertiary/aromatic N) is 1. The molecule has 0 unspecified atom stereocenters. The fourth-order valence-electron chi connectivity index (χ4n) is 3.83. The monoisotopic (exact) mass is 459 g/mol. The molecule has 0 spiro atoms. The summed E-state index contributed by atoms with van der Waals surface area (Å²) >= 11 is 0. The Kier molecular flexibility index (Phi) is 7.65. The molecule has 0 aromatic heterocycles. The first-order valence-corrected chi connectivity index (χ1v) is 11.4. The average Bonchev–Trinajstić information content (AvgIpc) is 3.42. The van der Waals surface area contributed by atoms with Crippen LogP contribution < -0.4 is 25.0 Å². The molecule has 0 aliphatic carbocycles. The maximum atomic E-state index is 12.5. The van der Waals surface area contributed by atoms with Gasteiger partial charge >= 0.3 is 0 Å². The van der Waals surface area contributed by atoms with Crippen LogP contribution in [-0.4, -0.2) is 38.6 Å². The third-order valence-corrected chi connectivity index (χ3v) is 5.70. The van der Waals surface area contributed by atoms with Gasteiger partial charge in [-0.2, -0.15) is 0 Å². The number of ether oxygens (including phenoxy) is 2. The zero-order chi connectivity index (χ0) is 23.8. The van der Waals surface area contributed by atoms with Crippen molar-refractivity contribution in [3.8, 4) is 11.5 Å². The molecule has 0 radical (unpaired) electrons. The Labute approximate surface area is 199 Å². The molecule has 7 heteroatoms. The van der Waals surface area contributed by atoms with Gasteiger partial charge in [-0.05, 0) is 66.9 Å². The molecule has 3 aromatic carbocycles. The summed E-state index contributed by atoms with van der Waals surface area (Å²) in [6.45, 7) is 2.55. The second kappa shape index (κ2) is 11.2. The van der Waals surface area contributed by atoms with E-state index in [4.69, 9.17) is 9.47 Å². The predicted octanol–water partition coefficient (Wildman–Crippen LogP) is 4.24. The first-order valence-electron chi connectivity index (χ1n) is 11.4. The summed E-state index contributed by atoms with van der Waals surface area (Å²) in [7, 11) is 1.57. The second-order valence-electron chi connectivity index (χ2n) is 8.14. The van der Waals surface area contributed by atoms with Crippen molar-refractivity contribution >= 4 is 23.2 Å². The van der Waals surface area contributed by atoms with Crippen LogP contribution in [0.15, 0.2) is 72.8 Å². The summed E-state index contributed by atoms with van der Waals surface area (Å²) in [4.78, 5) is 27.0. The molecule has 176 valence electrons. The molecule has 7 nitrogen and oxygen atoms in total. The summed E-state index contributed by atoms with van der Waals surface area (Å²) in [6, 6.07) is 22.2. The van der Waals surface area contributed by atoms with Gasteiger partial charge in [0.1, 0.15) is 11.5 Å². The van der Waals surface area contributed by atoms with Crippen molar-refractivity contribution in [2.45, 2.75) is 19.4 Å². The van der Waals surface area contributed by atoms with Crippen LogP contribution in [0.25, 0.3) is 0 Å². The molecule has 34 heavy (non-hydrogen) atoms. The van der Waals surface area contributed by atoms with E-state index in [9.17, 15) is 9.59 Å². The van der Waals surface area contributed by atoms with Gasteiger partial charge in [0.2, 0.25) is 0 Å². The van der Waals surface area contributed by atoms with E-state index in [2.05, 4.69) is 39.8 Å². The zero-order valence-electron chi connectivity index (χ0n) is 19.3. The highest BCUT2D eigenvalue weighted by molar-refractivity contribution is 5.94. The predicted molar refractivity (Wildman–Crippen MR) is 133 cm³/mol. The average molecular weight is 460 g/mol. The van der Waals surface area contributed by atoms with Crippen LogP contribution in [-0.2, 0) is 11.3 Å². The standard InChI is InChI=1S/C27H29N3O4/c1-33-25-6-4-5-22(17-25)29-26(31)19-34-24-13-9-21(10-14-24)27(32)28-18-20-7-11-23(12-8-20)30-15-2-3-16-30/h4-14,17H,2-3,15-16,18-19H2,1H3,(H,28,32)(H,29,31). The molecule has 2 N–H and O–H groups in total. The fourth-order valence-corrected chi connectivity index (χ4v) is 3.83. The Balaban J connectivity index is 1.22. The maximum Gasteiger partial charge on any atom is 0.262 e. The van der Waals surface area contributed by atoms with Crippen LogP contribution in [0.4, 0.5) is 11.4 Å². The van der Waals surface area contributed by atoms with E-state index < -0.39 is 0 Å². The number of benzene rings is 3. The maximum absolute atomic E-state index is 12.5. The minimum atomic E-state index is -0.286. The second-order valence-corrected chi connectivity index (χ2v) is 8.14. The van der Waals surface area contributed by atoms with E-state index in [1.807, 2.05) is 0 Å². The number of hydrogen-bond donors (Lipinski definition) is 2. The Morgan fingerprint density at radius 1 is 0.912 bits per heavy atom. The van der Waals surface area contributed by atoms with Crippen molar-refractivity contribution in [3.63, 3.8) is 0 Å². The third kappa shape index (κ3) is 6.28. The Morgan fingerprint density at radius 2 is 1.65 bits per heavy atom. The first-order chi connectivity index (χ1) is 16.6. The van der Waals surface area contributed by atoms with Crippen LogP contribution in [0, 0.1) is 0 Å². The van der Waals surface area contributed by atoms with Gasteiger partial charge in [-0.25, -0.2) is 0 Å². The Bertz CT molecular complexity index is 1110. The number of rotatable bonds is 9. The Morgan fingerprint density at radius 3 is 2.35 bits per heavy atom. The van der Waals surface area contributed by atoms with Gasteiger partial charge < -0.3 is 25.0 Å². The van der Waals surface area contributed by atoms with Crippen LogP contribution >= 0.6 is 0 Å². The van der Waals surface area contributed by atoms with Crippen molar-refractivity contribution in [2.24, 2.45) is 0 Å². The molecule has 1 saturated heterocycles. The Hall–Kier alpha value is -4.00. The van der Waals surface area contributed by atoms with Gasteiger partial charge in [0.15, 0.2) is 6.61 Å². The molecular formula is C27H29N3O4. The molecule has 1 aliphatic rings. The molecule has 0 bridgehead atoms. The van der Waals surface area contributed by atoms with Gasteiger partial charge in [0, 0.05) is 42.6 Å². The molecule has 1 fully saturated rings. The lowest BCUT2D eigenvalue weighted by Gasteiger charge is -2.17. The molecule has 1 heterocycles. The van der Waals surface area contributed by atoms with Gasteiger partial charge in [-0.3, -0.25) is 9.59 Å². The number of carbonyl (C=O) groups excluding carboxylic acids is 2.